The predicted molar refractivity (Wildman–Crippen MR) is 83.9 cm³/mol. The van der Waals surface area contributed by atoms with Crippen LogP contribution in [0.5, 0.6) is 0 Å². The summed E-state index contributed by atoms with van der Waals surface area (Å²) in [5.74, 6) is -0.488. The van der Waals surface area contributed by atoms with Gasteiger partial charge in [0.2, 0.25) is 0 Å². The highest BCUT2D eigenvalue weighted by Crippen LogP contribution is 2.33. The fourth-order valence-electron chi connectivity index (χ4n) is 2.69. The van der Waals surface area contributed by atoms with Gasteiger partial charge >= 0.3 is 5.97 Å². The molecule has 0 radical (unpaired) electrons. The van der Waals surface area contributed by atoms with Gasteiger partial charge in [-0.1, -0.05) is 6.92 Å². The van der Waals surface area contributed by atoms with Crippen molar-refractivity contribution in [1.29, 1.82) is 0 Å². The highest BCUT2D eigenvalue weighted by atomic mass is 32.1. The van der Waals surface area contributed by atoms with Gasteiger partial charge in [-0.2, -0.15) is 0 Å². The number of hydrogen-bond acceptors (Lipinski definition) is 3. The summed E-state index contributed by atoms with van der Waals surface area (Å²) in [6.45, 7) is 7.56. The highest BCUT2D eigenvalue weighted by molar-refractivity contribution is 7.14. The number of carbonyl (C=O) groups is 2. The van der Waals surface area contributed by atoms with Crippen LogP contribution >= 0.6 is 11.3 Å². The Balaban J connectivity index is 2.27. The lowest BCUT2D eigenvalue weighted by Crippen LogP contribution is -2.48. The van der Waals surface area contributed by atoms with Crippen LogP contribution in [0.15, 0.2) is 6.07 Å². The molecule has 1 aromatic heterocycles. The van der Waals surface area contributed by atoms with Gasteiger partial charge in [-0.3, -0.25) is 9.59 Å². The number of nitrogens with zero attached hydrogens (tertiary/aromatic N) is 1. The molecule has 116 valence electrons. The van der Waals surface area contributed by atoms with Crippen LogP contribution in [0.1, 0.15) is 54.2 Å². The minimum Gasteiger partial charge on any atom is -0.480 e. The van der Waals surface area contributed by atoms with Crippen molar-refractivity contribution in [3.05, 3.63) is 21.4 Å². The molecule has 0 spiro atoms. The number of carboxylic acids is 1. The normalized spacial score (nSPS) is 18.2. The summed E-state index contributed by atoms with van der Waals surface area (Å²) in [6, 6.07) is 1.97. The summed E-state index contributed by atoms with van der Waals surface area (Å²) in [4.78, 5) is 27.1. The molecule has 1 unspecified atom stereocenters. The lowest BCUT2D eigenvalue weighted by molar-refractivity contribution is -0.138. The van der Waals surface area contributed by atoms with Crippen LogP contribution in [-0.2, 0) is 17.6 Å². The molecule has 1 amide bonds. The van der Waals surface area contributed by atoms with E-state index >= 15 is 0 Å². The number of fused-ring (bicyclic) bond motifs is 1. The Morgan fingerprint density at radius 2 is 2.10 bits per heavy atom. The molecule has 1 atom stereocenters. The molecule has 0 aromatic carbocycles. The van der Waals surface area contributed by atoms with Crippen LogP contribution in [0.25, 0.3) is 0 Å². The molecular weight excluding hydrogens is 286 g/mol. The Morgan fingerprint density at radius 1 is 1.43 bits per heavy atom. The van der Waals surface area contributed by atoms with Crippen molar-refractivity contribution in [2.45, 2.75) is 52.5 Å². The van der Waals surface area contributed by atoms with Gasteiger partial charge in [0.05, 0.1) is 4.88 Å². The molecule has 0 saturated carbocycles. The van der Waals surface area contributed by atoms with Gasteiger partial charge in [0.1, 0.15) is 6.54 Å². The molecule has 1 N–H and O–H groups in total. The third-order valence-corrected chi connectivity index (χ3v) is 5.11. The van der Waals surface area contributed by atoms with Crippen LogP contribution in [0, 0.1) is 5.92 Å². The van der Waals surface area contributed by atoms with E-state index in [1.165, 1.54) is 33.1 Å². The van der Waals surface area contributed by atoms with Crippen LogP contribution in [0.2, 0.25) is 0 Å². The molecule has 0 bridgehead atoms. The lowest BCUT2D eigenvalue weighted by Gasteiger charge is -2.34. The summed E-state index contributed by atoms with van der Waals surface area (Å²) < 4.78 is 0. The summed E-state index contributed by atoms with van der Waals surface area (Å²) in [6.07, 6.45) is 3.22. The first-order valence-corrected chi connectivity index (χ1v) is 8.15. The van der Waals surface area contributed by atoms with E-state index in [-0.39, 0.29) is 12.5 Å². The Morgan fingerprint density at radius 3 is 2.67 bits per heavy atom. The number of rotatable bonds is 3. The second-order valence-corrected chi connectivity index (χ2v) is 8.00. The van der Waals surface area contributed by atoms with Crippen LogP contribution in [0.4, 0.5) is 0 Å². The van der Waals surface area contributed by atoms with E-state index in [2.05, 4.69) is 6.92 Å². The Kier molecular flexibility index (Phi) is 4.42. The number of hydrogen-bond donors (Lipinski definition) is 1. The quantitative estimate of drug-likeness (QED) is 0.933. The Bertz CT molecular complexity index is 556. The first kappa shape index (κ1) is 16.0. The monoisotopic (exact) mass is 309 g/mol. The Labute approximate surface area is 129 Å². The van der Waals surface area contributed by atoms with Crippen LogP contribution in [-0.4, -0.2) is 34.0 Å². The maximum Gasteiger partial charge on any atom is 0.323 e. The summed E-state index contributed by atoms with van der Waals surface area (Å²) in [5.41, 5.74) is 0.763. The average Bonchev–Trinajstić information content (AvgIpc) is 2.76. The van der Waals surface area contributed by atoms with Gasteiger partial charge in [-0.05, 0) is 57.6 Å². The molecule has 0 saturated heterocycles. The van der Waals surface area contributed by atoms with Gasteiger partial charge in [-0.25, -0.2) is 0 Å². The number of amides is 1. The minimum atomic E-state index is -0.979. The molecule has 1 heterocycles. The molecular formula is C16H23NO3S. The molecule has 5 heteroatoms. The maximum atomic E-state index is 12.7. The second kappa shape index (κ2) is 5.79. The van der Waals surface area contributed by atoms with Crippen molar-refractivity contribution >= 4 is 23.2 Å². The smallest absolute Gasteiger partial charge is 0.323 e. The largest absolute Gasteiger partial charge is 0.480 e. The van der Waals surface area contributed by atoms with E-state index in [1.807, 2.05) is 26.8 Å². The molecule has 0 fully saturated rings. The molecule has 1 aliphatic carbocycles. The number of aliphatic carboxylic acids is 1. The predicted octanol–water partition coefficient (Wildman–Crippen LogP) is 3.20. The number of aryl methyl sites for hydroxylation is 1. The van der Waals surface area contributed by atoms with E-state index in [9.17, 15) is 9.59 Å². The van der Waals surface area contributed by atoms with Gasteiger partial charge in [0, 0.05) is 10.4 Å². The van der Waals surface area contributed by atoms with Gasteiger partial charge in [-0.15, -0.1) is 11.3 Å². The highest BCUT2D eigenvalue weighted by Gasteiger charge is 2.31. The van der Waals surface area contributed by atoms with Crippen LogP contribution in [0.3, 0.4) is 0 Å². The first-order chi connectivity index (χ1) is 9.68. The summed E-state index contributed by atoms with van der Waals surface area (Å²) in [7, 11) is 0. The number of carboxylic acid groups (broad SMARTS) is 1. The van der Waals surface area contributed by atoms with Gasteiger partial charge < -0.3 is 10.0 Å². The van der Waals surface area contributed by atoms with Crippen molar-refractivity contribution in [3.63, 3.8) is 0 Å². The fraction of sp³-hybridized carbons (Fsp3) is 0.625. The van der Waals surface area contributed by atoms with E-state index in [0.717, 1.165) is 12.8 Å². The molecule has 4 nitrogen and oxygen atoms in total. The van der Waals surface area contributed by atoms with Crippen molar-refractivity contribution in [3.8, 4) is 0 Å². The molecule has 21 heavy (non-hydrogen) atoms. The fourth-order valence-corrected chi connectivity index (χ4v) is 3.85. The summed E-state index contributed by atoms with van der Waals surface area (Å²) in [5, 5.41) is 9.05. The van der Waals surface area contributed by atoms with Crippen molar-refractivity contribution in [1.82, 2.24) is 4.90 Å². The molecule has 2 rings (SSSR count). The first-order valence-electron chi connectivity index (χ1n) is 7.34. The third kappa shape index (κ3) is 3.64. The molecule has 0 aliphatic heterocycles. The maximum absolute atomic E-state index is 12.7. The lowest BCUT2D eigenvalue weighted by atomic mass is 9.90. The zero-order valence-electron chi connectivity index (χ0n) is 13.1. The topological polar surface area (TPSA) is 57.6 Å². The molecule has 1 aliphatic rings. The van der Waals surface area contributed by atoms with Gasteiger partial charge in [0.25, 0.3) is 5.91 Å². The van der Waals surface area contributed by atoms with Crippen molar-refractivity contribution < 1.29 is 14.7 Å². The van der Waals surface area contributed by atoms with Gasteiger partial charge in [0.15, 0.2) is 0 Å². The SMILES string of the molecule is CC1CCc2sc(C(=O)N(CC(=O)O)C(C)(C)C)cc2C1. The van der Waals surface area contributed by atoms with E-state index in [4.69, 9.17) is 5.11 Å². The minimum absolute atomic E-state index is 0.169. The Hall–Kier alpha value is -1.36. The van der Waals surface area contributed by atoms with Crippen molar-refractivity contribution in [2.75, 3.05) is 6.54 Å². The van der Waals surface area contributed by atoms with Crippen molar-refractivity contribution in [2.24, 2.45) is 5.92 Å². The van der Waals surface area contributed by atoms with E-state index in [0.29, 0.717) is 10.8 Å². The second-order valence-electron chi connectivity index (χ2n) is 6.86. The number of thiophene rings is 1. The van der Waals surface area contributed by atoms with E-state index in [1.54, 1.807) is 0 Å². The summed E-state index contributed by atoms with van der Waals surface area (Å²) >= 11 is 1.53. The third-order valence-electron chi connectivity index (χ3n) is 3.89. The average molecular weight is 309 g/mol. The van der Waals surface area contributed by atoms with E-state index < -0.39 is 11.5 Å². The zero-order chi connectivity index (χ0) is 15.8. The van der Waals surface area contributed by atoms with Crippen LogP contribution < -0.4 is 0 Å². The molecule has 1 aromatic rings. The zero-order valence-corrected chi connectivity index (χ0v) is 13.9. The number of carbonyl (C=O) groups excluding carboxylic acids is 1. The standard InChI is InChI=1S/C16H23NO3S/c1-10-5-6-12-11(7-10)8-13(21-12)15(20)17(9-14(18)19)16(2,3)4/h8,10H,5-7,9H2,1-4H3,(H,18,19).